The highest BCUT2D eigenvalue weighted by atomic mass is 32.1. The fraction of sp³-hybridized carbons (Fsp3) is 0.227. The molecule has 11 heteroatoms. The summed E-state index contributed by atoms with van der Waals surface area (Å²) in [6, 6.07) is 10.3. The first-order valence-electron chi connectivity index (χ1n) is 10.2. The van der Waals surface area contributed by atoms with Gasteiger partial charge in [0.25, 0.3) is 0 Å². The van der Waals surface area contributed by atoms with Gasteiger partial charge >= 0.3 is 6.09 Å². The molecule has 0 aliphatic carbocycles. The summed E-state index contributed by atoms with van der Waals surface area (Å²) >= 11 is 1.56. The maximum absolute atomic E-state index is 15.1. The molecule has 1 unspecified atom stereocenters. The van der Waals surface area contributed by atoms with Gasteiger partial charge in [-0.1, -0.05) is 6.07 Å². The maximum atomic E-state index is 15.1. The third-order valence-electron chi connectivity index (χ3n) is 5.26. The molecule has 4 aromatic rings. The van der Waals surface area contributed by atoms with E-state index in [-0.39, 0.29) is 19.0 Å². The molecule has 1 saturated heterocycles. The first kappa shape index (κ1) is 21.0. The zero-order chi connectivity index (χ0) is 22.9. The van der Waals surface area contributed by atoms with Crippen LogP contribution in [-0.4, -0.2) is 51.6 Å². The number of H-pyrrole nitrogens is 1. The van der Waals surface area contributed by atoms with E-state index in [0.717, 1.165) is 20.9 Å². The summed E-state index contributed by atoms with van der Waals surface area (Å²) in [7, 11) is 0. The molecule has 1 atom stereocenters. The van der Waals surface area contributed by atoms with Gasteiger partial charge < -0.3 is 10.1 Å². The van der Waals surface area contributed by atoms with Crippen LogP contribution >= 0.6 is 11.3 Å². The highest BCUT2D eigenvalue weighted by molar-refractivity contribution is 7.18. The van der Waals surface area contributed by atoms with Crippen molar-refractivity contribution in [2.45, 2.75) is 19.4 Å². The number of carbonyl (C=O) groups is 2. The van der Waals surface area contributed by atoms with Gasteiger partial charge in [-0.2, -0.15) is 15.4 Å². The lowest BCUT2D eigenvalue weighted by atomic mass is 10.0. The number of benzene rings is 2. The summed E-state index contributed by atoms with van der Waals surface area (Å²) in [4.78, 5) is 29.3. The number of hydrogen-bond donors (Lipinski definition) is 2. The lowest BCUT2D eigenvalue weighted by molar-refractivity contribution is -0.119. The van der Waals surface area contributed by atoms with Crippen LogP contribution in [0.3, 0.4) is 0 Å². The standard InChI is InChI=1S/C22H19FN6O3S/c1-12(30)24-10-16-11-29(22(31)32-16)15-3-4-17(18(23)8-15)13-2-5-20-19(6-13)26-21(33-20)7-14-9-25-28-27-14/h2-6,8-9,16H,7,10-11H2,1H3,(H,24,30)(H,25,27,28). The molecular formula is C22H19FN6O3S. The normalized spacial score (nSPS) is 15.8. The molecular weight excluding hydrogens is 447 g/mol. The lowest BCUT2D eigenvalue weighted by Gasteiger charge is -2.14. The Hall–Kier alpha value is -3.86. The predicted molar refractivity (Wildman–Crippen MR) is 121 cm³/mol. The molecule has 33 heavy (non-hydrogen) atoms. The van der Waals surface area contributed by atoms with E-state index in [9.17, 15) is 9.59 Å². The zero-order valence-electron chi connectivity index (χ0n) is 17.5. The van der Waals surface area contributed by atoms with Gasteiger partial charge in [-0.15, -0.1) is 11.3 Å². The van der Waals surface area contributed by atoms with Gasteiger partial charge in [-0.25, -0.2) is 14.2 Å². The highest BCUT2D eigenvalue weighted by Crippen LogP contribution is 2.32. The van der Waals surface area contributed by atoms with Crippen LogP contribution in [0.25, 0.3) is 21.3 Å². The number of halogens is 1. The molecule has 168 valence electrons. The number of cyclic esters (lactones) is 1. The van der Waals surface area contributed by atoms with Crippen molar-refractivity contribution in [3.05, 3.63) is 59.1 Å². The number of carbonyl (C=O) groups excluding carboxylic acids is 2. The van der Waals surface area contributed by atoms with Gasteiger partial charge in [-0.3, -0.25) is 9.69 Å². The smallest absolute Gasteiger partial charge is 0.414 e. The monoisotopic (exact) mass is 466 g/mol. The van der Waals surface area contributed by atoms with Crippen molar-refractivity contribution in [3.63, 3.8) is 0 Å². The van der Waals surface area contributed by atoms with E-state index in [1.807, 2.05) is 18.2 Å². The number of anilines is 1. The molecule has 1 fully saturated rings. The summed E-state index contributed by atoms with van der Waals surface area (Å²) in [6.45, 7) is 1.84. The van der Waals surface area contributed by atoms with Crippen LogP contribution in [0.1, 0.15) is 17.6 Å². The number of fused-ring (bicyclic) bond motifs is 1. The molecule has 1 aliphatic heterocycles. The van der Waals surface area contributed by atoms with Crippen molar-refractivity contribution in [1.29, 1.82) is 0 Å². The quantitative estimate of drug-likeness (QED) is 0.451. The third-order valence-corrected chi connectivity index (χ3v) is 6.29. The molecule has 2 N–H and O–H groups in total. The Balaban J connectivity index is 1.35. The van der Waals surface area contributed by atoms with Crippen LogP contribution in [0.4, 0.5) is 14.9 Å². The van der Waals surface area contributed by atoms with Crippen LogP contribution in [-0.2, 0) is 16.0 Å². The van der Waals surface area contributed by atoms with E-state index in [1.54, 1.807) is 29.7 Å². The van der Waals surface area contributed by atoms with E-state index in [4.69, 9.17) is 4.74 Å². The van der Waals surface area contributed by atoms with Crippen molar-refractivity contribution >= 4 is 39.2 Å². The van der Waals surface area contributed by atoms with Crippen LogP contribution in [0.2, 0.25) is 0 Å². The van der Waals surface area contributed by atoms with E-state index >= 15 is 4.39 Å². The topological polar surface area (TPSA) is 113 Å². The van der Waals surface area contributed by atoms with Crippen LogP contribution in [0.5, 0.6) is 0 Å². The van der Waals surface area contributed by atoms with Crippen LogP contribution < -0.4 is 10.2 Å². The number of aromatic amines is 1. The van der Waals surface area contributed by atoms with Gasteiger partial charge in [-0.05, 0) is 35.9 Å². The second-order valence-electron chi connectivity index (χ2n) is 7.65. The second kappa shape index (κ2) is 8.58. The number of rotatable bonds is 6. The first-order chi connectivity index (χ1) is 16.0. The predicted octanol–water partition coefficient (Wildman–Crippen LogP) is 3.27. The minimum atomic E-state index is -0.568. The molecule has 2 aromatic carbocycles. The Morgan fingerprint density at radius 1 is 1.33 bits per heavy atom. The Kier molecular flexibility index (Phi) is 5.47. The molecule has 3 heterocycles. The molecule has 5 rings (SSSR count). The molecule has 2 amide bonds. The van der Waals surface area contributed by atoms with Crippen molar-refractivity contribution < 1.29 is 18.7 Å². The second-order valence-corrected chi connectivity index (χ2v) is 8.76. The van der Waals surface area contributed by atoms with Gasteiger partial charge in [0, 0.05) is 18.9 Å². The van der Waals surface area contributed by atoms with Crippen LogP contribution in [0.15, 0.2) is 42.6 Å². The average molecular weight is 466 g/mol. The van der Waals surface area contributed by atoms with Gasteiger partial charge in [0.15, 0.2) is 0 Å². The molecule has 1 aliphatic rings. The summed E-state index contributed by atoms with van der Waals surface area (Å²) in [5, 5.41) is 14.0. The van der Waals surface area contributed by atoms with Crippen molar-refractivity contribution in [2.24, 2.45) is 0 Å². The number of ether oxygens (including phenoxy) is 1. The van der Waals surface area contributed by atoms with Crippen molar-refractivity contribution in [2.75, 3.05) is 18.0 Å². The lowest BCUT2D eigenvalue weighted by Crippen LogP contribution is -2.33. The Bertz CT molecular complexity index is 1340. The average Bonchev–Trinajstić information content (AvgIpc) is 3.51. The van der Waals surface area contributed by atoms with Crippen molar-refractivity contribution in [1.82, 2.24) is 25.7 Å². The van der Waals surface area contributed by atoms with Gasteiger partial charge in [0.1, 0.15) is 11.9 Å². The minimum absolute atomic E-state index is 0.206. The summed E-state index contributed by atoms with van der Waals surface area (Å²) in [5.41, 5.74) is 3.08. The molecule has 0 spiro atoms. The van der Waals surface area contributed by atoms with E-state index < -0.39 is 18.0 Å². The number of aromatic nitrogens is 4. The number of amides is 2. The summed E-state index contributed by atoms with van der Waals surface area (Å²) < 4.78 is 21.3. The van der Waals surface area contributed by atoms with Crippen LogP contribution in [0, 0.1) is 5.82 Å². The minimum Gasteiger partial charge on any atom is -0.442 e. The number of nitrogens with zero attached hydrogens (tertiary/aromatic N) is 4. The fourth-order valence-corrected chi connectivity index (χ4v) is 4.65. The molecule has 0 saturated carbocycles. The third kappa shape index (κ3) is 4.40. The zero-order valence-corrected chi connectivity index (χ0v) is 18.4. The first-order valence-corrected chi connectivity index (χ1v) is 11.0. The summed E-state index contributed by atoms with van der Waals surface area (Å²) in [6.07, 6.45) is 1.18. The van der Waals surface area contributed by atoms with E-state index in [0.29, 0.717) is 23.2 Å². The van der Waals surface area contributed by atoms with Gasteiger partial charge in [0.05, 0.1) is 45.9 Å². The SMILES string of the molecule is CC(=O)NCC1CN(c2ccc(-c3ccc4sc(Cc5cn[nH]n5)nc4c3)c(F)c2)C(=O)O1. The largest absolute Gasteiger partial charge is 0.442 e. The maximum Gasteiger partial charge on any atom is 0.414 e. The Labute approximate surface area is 191 Å². The Morgan fingerprint density at radius 2 is 2.21 bits per heavy atom. The summed E-state index contributed by atoms with van der Waals surface area (Å²) in [5.74, 6) is -0.662. The Morgan fingerprint density at radius 3 is 2.97 bits per heavy atom. The molecule has 2 aromatic heterocycles. The molecule has 0 radical (unpaired) electrons. The number of nitrogens with one attached hydrogen (secondary N) is 2. The number of thiazole rings is 1. The number of hydrogen-bond acceptors (Lipinski definition) is 7. The van der Waals surface area contributed by atoms with E-state index in [2.05, 4.69) is 25.7 Å². The molecule has 9 nitrogen and oxygen atoms in total. The van der Waals surface area contributed by atoms with Crippen molar-refractivity contribution in [3.8, 4) is 11.1 Å². The fourth-order valence-electron chi connectivity index (χ4n) is 3.69. The van der Waals surface area contributed by atoms with Gasteiger partial charge in [0.2, 0.25) is 5.91 Å². The highest BCUT2D eigenvalue weighted by Gasteiger charge is 2.32. The molecule has 0 bridgehead atoms. The van der Waals surface area contributed by atoms with E-state index in [1.165, 1.54) is 17.9 Å².